The molecule has 1 aliphatic rings. The quantitative estimate of drug-likeness (QED) is 0.601. The molecule has 0 saturated heterocycles. The van der Waals surface area contributed by atoms with Crippen LogP contribution in [0.15, 0.2) is 77.7 Å². The summed E-state index contributed by atoms with van der Waals surface area (Å²) in [5, 5.41) is 11.5. The molecule has 0 aromatic heterocycles. The number of nitriles is 1. The van der Waals surface area contributed by atoms with Crippen LogP contribution in [0.25, 0.3) is 0 Å². The molecule has 0 radical (unpaired) electrons. The van der Waals surface area contributed by atoms with Gasteiger partial charge in [-0.1, -0.05) is 24.3 Å². The lowest BCUT2D eigenvalue weighted by atomic mass is 10.1. The number of para-hydroxylation sites is 2. The molecule has 33 heavy (non-hydrogen) atoms. The van der Waals surface area contributed by atoms with Gasteiger partial charge in [0.1, 0.15) is 11.5 Å². The number of methoxy groups -OCH3 is 1. The van der Waals surface area contributed by atoms with Crippen LogP contribution in [0.2, 0.25) is 0 Å². The third kappa shape index (κ3) is 4.61. The first-order valence-electron chi connectivity index (χ1n) is 10.1. The molecule has 3 aromatic rings. The molecular formula is C24H21N3O5S. The summed E-state index contributed by atoms with van der Waals surface area (Å²) in [6.07, 6.45) is -0.790. The number of sulfonamides is 1. The zero-order valence-corrected chi connectivity index (χ0v) is 18.6. The van der Waals surface area contributed by atoms with Crippen molar-refractivity contribution in [1.82, 2.24) is 0 Å². The van der Waals surface area contributed by atoms with E-state index >= 15 is 0 Å². The van der Waals surface area contributed by atoms with Crippen molar-refractivity contribution in [3.8, 4) is 17.6 Å². The smallest absolute Gasteiger partial charge is 0.267 e. The average Bonchev–Trinajstić information content (AvgIpc) is 2.84. The van der Waals surface area contributed by atoms with Gasteiger partial charge in [0.15, 0.2) is 6.10 Å². The van der Waals surface area contributed by atoms with E-state index in [9.17, 15) is 13.2 Å². The molecule has 0 aliphatic carbocycles. The van der Waals surface area contributed by atoms with Gasteiger partial charge in [-0.05, 0) is 54.1 Å². The number of hydrogen-bond donors (Lipinski definition) is 1. The number of carbonyl (C=O) groups excluding carboxylic acids is 1. The fourth-order valence-corrected chi connectivity index (χ4v) is 4.94. The SMILES string of the molecule is COc1ccc(S(=O)(=O)N2C[C@@H](C(=O)Nc3ccc(CC#N)cc3)Oc3ccccc32)cc1. The summed E-state index contributed by atoms with van der Waals surface area (Å²) < 4.78 is 39.0. The molecule has 8 nitrogen and oxygen atoms in total. The van der Waals surface area contributed by atoms with Crippen LogP contribution >= 0.6 is 0 Å². The monoisotopic (exact) mass is 463 g/mol. The normalized spacial score (nSPS) is 15.0. The molecule has 0 unspecified atom stereocenters. The fourth-order valence-electron chi connectivity index (χ4n) is 3.46. The number of hydrogen-bond acceptors (Lipinski definition) is 6. The van der Waals surface area contributed by atoms with Crippen LogP contribution in [0.5, 0.6) is 11.5 Å². The van der Waals surface area contributed by atoms with E-state index in [1.165, 1.54) is 23.5 Å². The number of anilines is 2. The molecule has 1 atom stereocenters. The highest BCUT2D eigenvalue weighted by Crippen LogP contribution is 2.37. The average molecular weight is 464 g/mol. The molecule has 1 aliphatic heterocycles. The maximum Gasteiger partial charge on any atom is 0.267 e. The molecular weight excluding hydrogens is 442 g/mol. The number of nitrogens with zero attached hydrogens (tertiary/aromatic N) is 2. The van der Waals surface area contributed by atoms with Crippen molar-refractivity contribution in [3.05, 3.63) is 78.4 Å². The standard InChI is InChI=1S/C24H21N3O5S/c1-31-19-10-12-20(13-11-19)33(29,30)27-16-23(32-22-5-3-2-4-21(22)27)24(28)26-18-8-6-17(7-9-18)14-15-25/h2-13,23H,14,16H2,1H3,(H,26,28)/t23-/m0/s1. The van der Waals surface area contributed by atoms with E-state index in [2.05, 4.69) is 11.4 Å². The van der Waals surface area contributed by atoms with E-state index in [-0.39, 0.29) is 17.9 Å². The van der Waals surface area contributed by atoms with Gasteiger partial charge >= 0.3 is 0 Å². The van der Waals surface area contributed by atoms with Gasteiger partial charge in [-0.15, -0.1) is 0 Å². The summed E-state index contributed by atoms with van der Waals surface area (Å²) in [6.45, 7) is -0.191. The first kappa shape index (κ1) is 22.2. The van der Waals surface area contributed by atoms with Gasteiger partial charge in [0.25, 0.3) is 15.9 Å². The number of carbonyl (C=O) groups is 1. The Hall–Kier alpha value is -4.03. The molecule has 3 aromatic carbocycles. The molecule has 1 amide bonds. The number of ether oxygens (including phenoxy) is 2. The van der Waals surface area contributed by atoms with Gasteiger partial charge in [-0.2, -0.15) is 5.26 Å². The Morgan fingerprint density at radius 1 is 1.12 bits per heavy atom. The van der Waals surface area contributed by atoms with Crippen LogP contribution in [-0.4, -0.2) is 34.1 Å². The summed E-state index contributed by atoms with van der Waals surface area (Å²) in [6, 6.07) is 21.7. The molecule has 9 heteroatoms. The van der Waals surface area contributed by atoms with Crippen molar-refractivity contribution in [2.24, 2.45) is 0 Å². The lowest BCUT2D eigenvalue weighted by Gasteiger charge is -2.34. The second-order valence-electron chi connectivity index (χ2n) is 7.31. The summed E-state index contributed by atoms with van der Waals surface area (Å²) in [4.78, 5) is 13.0. The van der Waals surface area contributed by atoms with Crippen LogP contribution < -0.4 is 19.1 Å². The second kappa shape index (κ2) is 9.22. The maximum absolute atomic E-state index is 13.4. The first-order valence-corrected chi connectivity index (χ1v) is 11.6. The summed E-state index contributed by atoms with van der Waals surface area (Å²) in [5.41, 5.74) is 1.71. The molecule has 4 rings (SSSR count). The summed E-state index contributed by atoms with van der Waals surface area (Å²) >= 11 is 0. The molecule has 0 bridgehead atoms. The number of amides is 1. The third-order valence-corrected chi connectivity index (χ3v) is 6.97. The minimum absolute atomic E-state index is 0.0762. The van der Waals surface area contributed by atoms with Crippen LogP contribution in [0.1, 0.15) is 5.56 Å². The van der Waals surface area contributed by atoms with Gasteiger partial charge in [0.05, 0.1) is 36.7 Å². The molecule has 0 spiro atoms. The molecule has 1 heterocycles. The Bertz CT molecular complexity index is 1300. The topological polar surface area (TPSA) is 109 Å². The van der Waals surface area contributed by atoms with Crippen LogP contribution in [0, 0.1) is 11.3 Å². The molecule has 168 valence electrons. The molecule has 0 fully saturated rings. The van der Waals surface area contributed by atoms with Crippen LogP contribution in [0.4, 0.5) is 11.4 Å². The lowest BCUT2D eigenvalue weighted by molar-refractivity contribution is -0.122. The van der Waals surface area contributed by atoms with E-state index in [1.807, 2.05) is 0 Å². The Morgan fingerprint density at radius 2 is 1.82 bits per heavy atom. The highest BCUT2D eigenvalue weighted by molar-refractivity contribution is 7.92. The first-order chi connectivity index (χ1) is 15.9. The highest BCUT2D eigenvalue weighted by atomic mass is 32.2. The largest absolute Gasteiger partial charge is 0.497 e. The molecule has 1 N–H and O–H groups in total. The summed E-state index contributed by atoms with van der Waals surface area (Å²) in [5.74, 6) is 0.354. The van der Waals surface area contributed by atoms with Gasteiger partial charge in [0.2, 0.25) is 0 Å². The van der Waals surface area contributed by atoms with Crippen molar-refractivity contribution in [1.29, 1.82) is 5.26 Å². The minimum atomic E-state index is -3.96. The Morgan fingerprint density at radius 3 is 2.48 bits per heavy atom. The van der Waals surface area contributed by atoms with Crippen molar-refractivity contribution in [3.63, 3.8) is 0 Å². The van der Waals surface area contributed by atoms with E-state index in [4.69, 9.17) is 14.7 Å². The second-order valence-corrected chi connectivity index (χ2v) is 9.17. The van der Waals surface area contributed by atoms with Crippen molar-refractivity contribution < 1.29 is 22.7 Å². The third-order valence-electron chi connectivity index (χ3n) is 5.18. The molecule has 0 saturated carbocycles. The van der Waals surface area contributed by atoms with E-state index < -0.39 is 22.0 Å². The summed E-state index contributed by atoms with van der Waals surface area (Å²) in [7, 11) is -2.46. The minimum Gasteiger partial charge on any atom is -0.497 e. The fraction of sp³-hybridized carbons (Fsp3) is 0.167. The maximum atomic E-state index is 13.4. The Labute approximate surface area is 192 Å². The number of nitrogens with one attached hydrogen (secondary N) is 1. The number of fused-ring (bicyclic) bond motifs is 1. The zero-order valence-electron chi connectivity index (χ0n) is 17.8. The zero-order chi connectivity index (χ0) is 23.4. The van der Waals surface area contributed by atoms with Crippen molar-refractivity contribution >= 4 is 27.3 Å². The van der Waals surface area contributed by atoms with Crippen LogP contribution in [0.3, 0.4) is 0 Å². The number of benzene rings is 3. The van der Waals surface area contributed by atoms with E-state index in [1.54, 1.807) is 60.7 Å². The highest BCUT2D eigenvalue weighted by Gasteiger charge is 2.37. The van der Waals surface area contributed by atoms with E-state index in [0.29, 0.717) is 22.9 Å². The Kier molecular flexibility index (Phi) is 6.20. The lowest BCUT2D eigenvalue weighted by Crippen LogP contribution is -2.48. The van der Waals surface area contributed by atoms with Crippen molar-refractivity contribution in [2.45, 2.75) is 17.4 Å². The van der Waals surface area contributed by atoms with Gasteiger partial charge in [-0.3, -0.25) is 9.10 Å². The van der Waals surface area contributed by atoms with Gasteiger partial charge < -0.3 is 14.8 Å². The van der Waals surface area contributed by atoms with E-state index in [0.717, 1.165) is 5.56 Å². The predicted molar refractivity (Wildman–Crippen MR) is 123 cm³/mol. The van der Waals surface area contributed by atoms with Gasteiger partial charge in [0, 0.05) is 5.69 Å². The van der Waals surface area contributed by atoms with Crippen LogP contribution in [-0.2, 0) is 21.2 Å². The Balaban J connectivity index is 1.60. The van der Waals surface area contributed by atoms with Gasteiger partial charge in [-0.25, -0.2) is 8.42 Å². The predicted octanol–water partition coefficient (Wildman–Crippen LogP) is 3.36. The number of rotatable bonds is 6. The van der Waals surface area contributed by atoms with Crippen molar-refractivity contribution in [2.75, 3.05) is 23.3 Å².